The number of aromatic hydroxyl groups is 2. The van der Waals surface area contributed by atoms with Gasteiger partial charge in [-0.3, -0.25) is 5.10 Å². The van der Waals surface area contributed by atoms with Gasteiger partial charge in [0.05, 0.1) is 0 Å². The van der Waals surface area contributed by atoms with Crippen LogP contribution in [-0.2, 0) is 6.18 Å². The quantitative estimate of drug-likeness (QED) is 0.622. The van der Waals surface area contributed by atoms with Crippen molar-refractivity contribution in [1.29, 1.82) is 0 Å². The third kappa shape index (κ3) is 2.71. The van der Waals surface area contributed by atoms with Crippen LogP contribution in [0.15, 0.2) is 30.3 Å². The maximum Gasteiger partial charge on any atom is 0.433 e. The highest BCUT2D eigenvalue weighted by atomic mass is 19.4. The van der Waals surface area contributed by atoms with Crippen molar-refractivity contribution < 1.29 is 32.9 Å². The maximum atomic E-state index is 13.6. The van der Waals surface area contributed by atoms with E-state index in [1.54, 1.807) is 0 Å². The summed E-state index contributed by atoms with van der Waals surface area (Å²) in [6.45, 7) is 1.44. The van der Waals surface area contributed by atoms with E-state index in [4.69, 9.17) is 9.47 Å². The maximum absolute atomic E-state index is 13.6. The molecule has 0 fully saturated rings. The minimum atomic E-state index is -4.70. The van der Waals surface area contributed by atoms with Gasteiger partial charge in [-0.05, 0) is 36.8 Å². The van der Waals surface area contributed by atoms with E-state index in [1.165, 1.54) is 37.3 Å². The summed E-state index contributed by atoms with van der Waals surface area (Å²) in [6.07, 6.45) is -4.70. The van der Waals surface area contributed by atoms with E-state index < -0.39 is 11.9 Å². The summed E-state index contributed by atoms with van der Waals surface area (Å²) >= 11 is 0. The zero-order valence-electron chi connectivity index (χ0n) is 13.9. The number of hydrogen-bond acceptors (Lipinski definition) is 5. The molecule has 4 rings (SSSR count). The van der Waals surface area contributed by atoms with E-state index in [0.717, 1.165) is 0 Å². The Morgan fingerprint density at radius 3 is 2.56 bits per heavy atom. The van der Waals surface area contributed by atoms with Crippen molar-refractivity contribution in [2.24, 2.45) is 0 Å². The van der Waals surface area contributed by atoms with Gasteiger partial charge in [0.25, 0.3) is 0 Å². The SMILES string of the molecule is Cc1c(O)ccc(-c2n[nH]c(C(F)(F)F)c2-c2ccc3c(c2)OCO3)c1O. The Labute approximate surface area is 150 Å². The number of hydrogen-bond donors (Lipinski definition) is 3. The average Bonchev–Trinajstić information content (AvgIpc) is 3.25. The third-order valence-electron chi connectivity index (χ3n) is 4.37. The fourth-order valence-corrected chi connectivity index (χ4v) is 2.96. The Bertz CT molecular complexity index is 1040. The summed E-state index contributed by atoms with van der Waals surface area (Å²) in [5, 5.41) is 25.8. The first-order chi connectivity index (χ1) is 12.8. The van der Waals surface area contributed by atoms with Crippen molar-refractivity contribution in [2.45, 2.75) is 13.1 Å². The van der Waals surface area contributed by atoms with Gasteiger partial charge in [0.2, 0.25) is 6.79 Å². The molecule has 0 atom stereocenters. The highest BCUT2D eigenvalue weighted by molar-refractivity contribution is 5.87. The number of halogens is 3. The van der Waals surface area contributed by atoms with Crippen LogP contribution < -0.4 is 9.47 Å². The lowest BCUT2D eigenvalue weighted by molar-refractivity contribution is -0.140. The molecule has 2 heterocycles. The van der Waals surface area contributed by atoms with Crippen molar-refractivity contribution in [3.63, 3.8) is 0 Å². The van der Waals surface area contributed by atoms with Crippen molar-refractivity contribution in [3.05, 3.63) is 41.6 Å². The molecule has 6 nitrogen and oxygen atoms in total. The van der Waals surface area contributed by atoms with Gasteiger partial charge < -0.3 is 19.7 Å². The van der Waals surface area contributed by atoms with Gasteiger partial charge in [-0.15, -0.1) is 0 Å². The summed E-state index contributed by atoms with van der Waals surface area (Å²) in [5.74, 6) is 0.226. The Kier molecular flexibility index (Phi) is 3.69. The summed E-state index contributed by atoms with van der Waals surface area (Å²) in [5.41, 5.74) is -0.990. The molecule has 3 N–H and O–H groups in total. The van der Waals surface area contributed by atoms with Crippen LogP contribution in [0.25, 0.3) is 22.4 Å². The van der Waals surface area contributed by atoms with Crippen LogP contribution in [0, 0.1) is 6.92 Å². The molecule has 0 spiro atoms. The third-order valence-corrected chi connectivity index (χ3v) is 4.37. The highest BCUT2D eigenvalue weighted by Gasteiger charge is 2.38. The van der Waals surface area contributed by atoms with Crippen LogP contribution in [0.1, 0.15) is 11.3 Å². The molecule has 0 unspecified atom stereocenters. The second-order valence-electron chi connectivity index (χ2n) is 5.99. The van der Waals surface area contributed by atoms with E-state index in [0.29, 0.717) is 11.5 Å². The Hall–Kier alpha value is -3.36. The predicted octanol–water partition coefficient (Wildman–Crippen LogP) is 4.21. The number of phenols is 2. The number of phenolic OH excluding ortho intramolecular Hbond substituents is 2. The minimum absolute atomic E-state index is 0.0128. The standard InChI is InChI=1S/C18H13F3N2O4/c1-8-11(24)4-3-10(16(8)25)15-14(17(23-22-15)18(19,20)21)9-2-5-12-13(6-9)27-7-26-12/h2-6,24-25H,7H2,1H3,(H,22,23). The van der Waals surface area contributed by atoms with Gasteiger partial charge in [0, 0.05) is 16.7 Å². The smallest absolute Gasteiger partial charge is 0.433 e. The number of aromatic amines is 1. The molecular formula is C18H13F3N2O4. The lowest BCUT2D eigenvalue weighted by Crippen LogP contribution is -2.07. The molecule has 0 amide bonds. The summed E-state index contributed by atoms with van der Waals surface area (Å²) in [7, 11) is 0. The van der Waals surface area contributed by atoms with Gasteiger partial charge in [-0.2, -0.15) is 18.3 Å². The van der Waals surface area contributed by atoms with E-state index in [2.05, 4.69) is 5.10 Å². The Morgan fingerprint density at radius 2 is 1.81 bits per heavy atom. The molecule has 0 aliphatic carbocycles. The number of fused-ring (bicyclic) bond motifs is 1. The highest BCUT2D eigenvalue weighted by Crippen LogP contribution is 2.46. The molecule has 0 bridgehead atoms. The number of nitrogens with zero attached hydrogens (tertiary/aromatic N) is 1. The average molecular weight is 378 g/mol. The van der Waals surface area contributed by atoms with E-state index >= 15 is 0 Å². The summed E-state index contributed by atoms with van der Waals surface area (Å²) in [4.78, 5) is 0. The number of alkyl halides is 3. The summed E-state index contributed by atoms with van der Waals surface area (Å²) in [6, 6.07) is 6.99. The van der Waals surface area contributed by atoms with Crippen molar-refractivity contribution in [2.75, 3.05) is 6.79 Å². The van der Waals surface area contributed by atoms with Crippen LogP contribution in [-0.4, -0.2) is 27.2 Å². The molecular weight excluding hydrogens is 365 g/mol. The van der Waals surface area contributed by atoms with Crippen LogP contribution in [0.4, 0.5) is 13.2 Å². The lowest BCUT2D eigenvalue weighted by atomic mass is 9.96. The number of H-pyrrole nitrogens is 1. The number of ether oxygens (including phenoxy) is 2. The second kappa shape index (κ2) is 5.83. The second-order valence-corrected chi connectivity index (χ2v) is 5.99. The number of benzene rings is 2. The monoisotopic (exact) mass is 378 g/mol. The van der Waals surface area contributed by atoms with Crippen LogP contribution in [0.5, 0.6) is 23.0 Å². The normalized spacial score (nSPS) is 13.2. The van der Waals surface area contributed by atoms with Gasteiger partial charge in [-0.1, -0.05) is 6.07 Å². The molecule has 27 heavy (non-hydrogen) atoms. The summed E-state index contributed by atoms with van der Waals surface area (Å²) < 4.78 is 51.1. The van der Waals surface area contributed by atoms with Crippen LogP contribution in [0.3, 0.4) is 0 Å². The minimum Gasteiger partial charge on any atom is -0.508 e. The molecule has 1 aliphatic heterocycles. The van der Waals surface area contributed by atoms with Gasteiger partial charge in [-0.25, -0.2) is 0 Å². The first kappa shape index (κ1) is 17.1. The van der Waals surface area contributed by atoms with Crippen molar-refractivity contribution in [1.82, 2.24) is 10.2 Å². The topological polar surface area (TPSA) is 87.6 Å². The number of aromatic nitrogens is 2. The zero-order valence-corrected chi connectivity index (χ0v) is 13.9. The fourth-order valence-electron chi connectivity index (χ4n) is 2.96. The lowest BCUT2D eigenvalue weighted by Gasteiger charge is -2.12. The van der Waals surface area contributed by atoms with Crippen molar-refractivity contribution >= 4 is 0 Å². The molecule has 9 heteroatoms. The Balaban J connectivity index is 1.97. The zero-order chi connectivity index (χ0) is 19.3. The van der Waals surface area contributed by atoms with Crippen LogP contribution in [0.2, 0.25) is 0 Å². The molecule has 0 radical (unpaired) electrons. The predicted molar refractivity (Wildman–Crippen MR) is 88.7 cm³/mol. The fraction of sp³-hybridized carbons (Fsp3) is 0.167. The largest absolute Gasteiger partial charge is 0.508 e. The molecule has 0 saturated heterocycles. The molecule has 1 aliphatic rings. The van der Waals surface area contributed by atoms with Crippen LogP contribution >= 0.6 is 0 Å². The molecule has 0 saturated carbocycles. The van der Waals surface area contributed by atoms with E-state index in [1.807, 2.05) is 5.10 Å². The van der Waals surface area contributed by atoms with Crippen molar-refractivity contribution in [3.8, 4) is 45.4 Å². The van der Waals surface area contributed by atoms with Gasteiger partial charge in [0.15, 0.2) is 11.5 Å². The Morgan fingerprint density at radius 1 is 1.07 bits per heavy atom. The first-order valence-electron chi connectivity index (χ1n) is 7.85. The van der Waals surface area contributed by atoms with Gasteiger partial charge >= 0.3 is 6.18 Å². The molecule has 3 aromatic rings. The molecule has 1 aromatic heterocycles. The number of rotatable bonds is 2. The van der Waals surface area contributed by atoms with Gasteiger partial charge in [0.1, 0.15) is 22.9 Å². The van der Waals surface area contributed by atoms with E-state index in [-0.39, 0.29) is 46.2 Å². The molecule has 2 aromatic carbocycles. The number of nitrogens with one attached hydrogen (secondary N) is 1. The molecule has 140 valence electrons. The van der Waals surface area contributed by atoms with E-state index in [9.17, 15) is 23.4 Å². The first-order valence-corrected chi connectivity index (χ1v) is 7.85.